The van der Waals surface area contributed by atoms with E-state index in [0.29, 0.717) is 32.2 Å². The largest absolute Gasteiger partial charge is 0.481 e. The van der Waals surface area contributed by atoms with E-state index < -0.39 is 23.4 Å². The van der Waals surface area contributed by atoms with Crippen molar-refractivity contribution in [2.75, 3.05) is 26.2 Å². The summed E-state index contributed by atoms with van der Waals surface area (Å²) in [6.07, 6.45) is 1.79. The van der Waals surface area contributed by atoms with Gasteiger partial charge in [-0.25, -0.2) is 4.79 Å². The Morgan fingerprint density at radius 2 is 1.63 bits per heavy atom. The first kappa shape index (κ1) is 24.8. The van der Waals surface area contributed by atoms with Crippen LogP contribution in [-0.4, -0.2) is 54.2 Å². The third-order valence-corrected chi connectivity index (χ3v) is 7.78. The number of fused-ring (bicyclic) bond motifs is 3. The summed E-state index contributed by atoms with van der Waals surface area (Å²) in [5.74, 6) is -1.52. The Kier molecular flexibility index (Phi) is 7.43. The van der Waals surface area contributed by atoms with Crippen molar-refractivity contribution in [2.24, 2.45) is 11.3 Å². The summed E-state index contributed by atoms with van der Waals surface area (Å²) in [6, 6.07) is 16.3. The van der Waals surface area contributed by atoms with Crippen LogP contribution in [0, 0.1) is 11.3 Å². The molecule has 1 fully saturated rings. The van der Waals surface area contributed by atoms with Gasteiger partial charge >= 0.3 is 12.1 Å². The lowest BCUT2D eigenvalue weighted by molar-refractivity contribution is -0.149. The summed E-state index contributed by atoms with van der Waals surface area (Å²) >= 11 is 0. The quantitative estimate of drug-likeness (QED) is 0.576. The molecule has 0 aromatic heterocycles. The average molecular weight is 479 g/mol. The predicted octanol–water partition coefficient (Wildman–Crippen LogP) is 4.65. The van der Waals surface area contributed by atoms with Crippen molar-refractivity contribution in [1.29, 1.82) is 0 Å². The summed E-state index contributed by atoms with van der Waals surface area (Å²) in [7, 11) is 0. The number of hydrogen-bond donors (Lipinski definition) is 2. The van der Waals surface area contributed by atoms with Crippen LogP contribution < -0.4 is 5.32 Å². The third kappa shape index (κ3) is 4.90. The lowest BCUT2D eigenvalue weighted by Gasteiger charge is -2.39. The van der Waals surface area contributed by atoms with Gasteiger partial charge in [0.2, 0.25) is 5.91 Å². The average Bonchev–Trinajstić information content (AvgIpc) is 3.22. The molecule has 1 heterocycles. The van der Waals surface area contributed by atoms with Crippen LogP contribution in [0.25, 0.3) is 11.1 Å². The van der Waals surface area contributed by atoms with Crippen LogP contribution in [-0.2, 0) is 14.3 Å². The monoisotopic (exact) mass is 478 g/mol. The van der Waals surface area contributed by atoms with Crippen LogP contribution in [0.2, 0.25) is 0 Å². The third-order valence-electron chi connectivity index (χ3n) is 7.78. The van der Waals surface area contributed by atoms with E-state index in [4.69, 9.17) is 4.74 Å². The van der Waals surface area contributed by atoms with Gasteiger partial charge in [-0.15, -0.1) is 0 Å². The molecule has 0 unspecified atom stereocenters. The van der Waals surface area contributed by atoms with Gasteiger partial charge in [0, 0.05) is 25.6 Å². The van der Waals surface area contributed by atoms with E-state index in [1.54, 1.807) is 4.90 Å². The van der Waals surface area contributed by atoms with Crippen molar-refractivity contribution >= 4 is 18.0 Å². The Morgan fingerprint density at radius 3 is 2.20 bits per heavy atom. The Morgan fingerprint density at radius 1 is 1.03 bits per heavy atom. The molecular weight excluding hydrogens is 444 g/mol. The molecule has 1 atom stereocenters. The number of likely N-dealkylation sites (tertiary alicyclic amines) is 1. The fourth-order valence-electron chi connectivity index (χ4n) is 5.47. The number of ether oxygens (including phenoxy) is 1. The molecule has 2 aliphatic rings. The number of amides is 2. The Balaban J connectivity index is 1.39. The normalized spacial score (nSPS) is 17.4. The van der Waals surface area contributed by atoms with Crippen LogP contribution in [0.5, 0.6) is 0 Å². The minimum Gasteiger partial charge on any atom is -0.481 e. The van der Waals surface area contributed by atoms with Gasteiger partial charge in [-0.05, 0) is 47.9 Å². The maximum Gasteiger partial charge on any atom is 0.407 e. The number of alkyl carbamates (subject to hydrolysis) is 1. The van der Waals surface area contributed by atoms with Crippen molar-refractivity contribution in [3.63, 3.8) is 0 Å². The number of carboxylic acid groups (broad SMARTS) is 1. The summed E-state index contributed by atoms with van der Waals surface area (Å²) in [4.78, 5) is 39.3. The molecule has 0 radical (unpaired) electrons. The van der Waals surface area contributed by atoms with Crippen molar-refractivity contribution in [2.45, 2.75) is 45.4 Å². The minimum absolute atomic E-state index is 0.0295. The molecule has 0 saturated carbocycles. The van der Waals surface area contributed by atoms with E-state index >= 15 is 0 Å². The first-order chi connectivity index (χ1) is 16.9. The van der Waals surface area contributed by atoms with Crippen molar-refractivity contribution in [3.8, 4) is 11.1 Å². The molecule has 1 saturated heterocycles. The van der Waals surface area contributed by atoms with Crippen LogP contribution in [0.1, 0.15) is 56.6 Å². The molecule has 7 nitrogen and oxygen atoms in total. The van der Waals surface area contributed by atoms with Gasteiger partial charge < -0.3 is 20.1 Å². The highest BCUT2D eigenvalue weighted by Crippen LogP contribution is 2.44. The van der Waals surface area contributed by atoms with E-state index in [-0.39, 0.29) is 31.5 Å². The molecule has 2 amide bonds. The van der Waals surface area contributed by atoms with E-state index in [2.05, 4.69) is 29.6 Å². The van der Waals surface area contributed by atoms with Crippen molar-refractivity contribution < 1.29 is 24.2 Å². The smallest absolute Gasteiger partial charge is 0.407 e. The first-order valence-corrected chi connectivity index (χ1v) is 12.5. The van der Waals surface area contributed by atoms with Gasteiger partial charge in [0.05, 0.1) is 11.3 Å². The topological polar surface area (TPSA) is 95.9 Å². The van der Waals surface area contributed by atoms with Crippen LogP contribution in [0.15, 0.2) is 48.5 Å². The molecule has 4 rings (SSSR count). The van der Waals surface area contributed by atoms with Gasteiger partial charge in [0.1, 0.15) is 6.61 Å². The molecule has 7 heteroatoms. The lowest BCUT2D eigenvalue weighted by Crippen LogP contribution is -2.53. The number of carbonyl (C=O) groups is 3. The zero-order chi connectivity index (χ0) is 25.0. The molecule has 0 bridgehead atoms. The molecule has 2 N–H and O–H groups in total. The second-order valence-electron chi connectivity index (χ2n) is 9.60. The van der Waals surface area contributed by atoms with Crippen LogP contribution in [0.4, 0.5) is 4.79 Å². The highest BCUT2D eigenvalue weighted by atomic mass is 16.5. The summed E-state index contributed by atoms with van der Waals surface area (Å²) in [6.45, 7) is 5.00. The fourth-order valence-corrected chi connectivity index (χ4v) is 5.47. The number of nitrogens with one attached hydrogen (secondary N) is 1. The van der Waals surface area contributed by atoms with Crippen molar-refractivity contribution in [1.82, 2.24) is 10.2 Å². The zero-order valence-electron chi connectivity index (χ0n) is 20.5. The van der Waals surface area contributed by atoms with Crippen LogP contribution in [0.3, 0.4) is 0 Å². The van der Waals surface area contributed by atoms with Gasteiger partial charge in [-0.1, -0.05) is 62.4 Å². The number of piperidine rings is 1. The molecular formula is C28H34N2O5. The molecule has 2 aromatic carbocycles. The highest BCUT2D eigenvalue weighted by Gasteiger charge is 2.41. The number of carboxylic acids is 1. The summed E-state index contributed by atoms with van der Waals surface area (Å²) < 4.78 is 5.65. The summed E-state index contributed by atoms with van der Waals surface area (Å²) in [5, 5.41) is 12.2. The summed E-state index contributed by atoms with van der Waals surface area (Å²) in [5.41, 5.74) is 3.84. The standard InChI is InChI=1S/C28H34N2O5/c1-3-28(4-2,26(33)30-15-9-10-19(16-30)25(31)32)18-29-27(34)35-17-24-22-13-7-5-11-20(22)21-12-6-8-14-23(21)24/h5-8,11-14,19,24H,3-4,9-10,15-18H2,1-2H3,(H,29,34)(H,31,32)/t19-/m0/s1. The second kappa shape index (κ2) is 10.5. The van der Waals surface area contributed by atoms with E-state index in [0.717, 1.165) is 11.1 Å². The second-order valence-corrected chi connectivity index (χ2v) is 9.60. The molecule has 0 spiro atoms. The van der Waals surface area contributed by atoms with Crippen molar-refractivity contribution in [3.05, 3.63) is 59.7 Å². The number of hydrogen-bond acceptors (Lipinski definition) is 4. The number of nitrogens with zero attached hydrogens (tertiary/aromatic N) is 1. The number of carbonyl (C=O) groups excluding carboxylic acids is 2. The van der Waals surface area contributed by atoms with E-state index in [9.17, 15) is 19.5 Å². The molecule has 35 heavy (non-hydrogen) atoms. The number of rotatable bonds is 8. The van der Waals surface area contributed by atoms with Crippen LogP contribution >= 0.6 is 0 Å². The lowest BCUT2D eigenvalue weighted by atomic mass is 9.80. The fraction of sp³-hybridized carbons (Fsp3) is 0.464. The van der Waals surface area contributed by atoms with E-state index in [1.807, 2.05) is 38.1 Å². The van der Waals surface area contributed by atoms with Gasteiger partial charge in [-0.3, -0.25) is 9.59 Å². The van der Waals surface area contributed by atoms with E-state index in [1.165, 1.54) is 11.1 Å². The predicted molar refractivity (Wildman–Crippen MR) is 133 cm³/mol. The molecule has 1 aliphatic carbocycles. The number of aliphatic carboxylic acids is 1. The zero-order valence-corrected chi connectivity index (χ0v) is 20.5. The van der Waals surface area contributed by atoms with Gasteiger partial charge in [-0.2, -0.15) is 0 Å². The maximum absolute atomic E-state index is 13.4. The Labute approximate surface area is 206 Å². The Bertz CT molecular complexity index is 1050. The highest BCUT2D eigenvalue weighted by molar-refractivity contribution is 5.84. The maximum atomic E-state index is 13.4. The molecule has 1 aliphatic heterocycles. The SMILES string of the molecule is CCC(CC)(CNC(=O)OCC1c2ccccc2-c2ccccc21)C(=O)N1CCC[C@H](C(=O)O)C1. The van der Waals surface area contributed by atoms with Gasteiger partial charge in [0.15, 0.2) is 0 Å². The minimum atomic E-state index is -0.863. The van der Waals surface area contributed by atoms with Gasteiger partial charge in [0.25, 0.3) is 0 Å². The Hall–Kier alpha value is -3.35. The number of benzene rings is 2. The molecule has 2 aromatic rings. The molecule has 186 valence electrons. The first-order valence-electron chi connectivity index (χ1n) is 12.5.